The van der Waals surface area contributed by atoms with Crippen LogP contribution in [0.3, 0.4) is 0 Å². The minimum absolute atomic E-state index is 0.472. The summed E-state index contributed by atoms with van der Waals surface area (Å²) in [6, 6.07) is 6.76. The van der Waals surface area contributed by atoms with Gasteiger partial charge in [-0.25, -0.2) is 0 Å². The van der Waals surface area contributed by atoms with Crippen LogP contribution in [0.25, 0.3) is 10.9 Å². The first-order valence-corrected chi connectivity index (χ1v) is 6.11. The zero-order valence-corrected chi connectivity index (χ0v) is 9.56. The minimum Gasteiger partial charge on any atom is -0.357 e. The van der Waals surface area contributed by atoms with Gasteiger partial charge in [0.1, 0.15) is 0 Å². The molecule has 1 fully saturated rings. The molecule has 0 amide bonds. The number of benzene rings is 1. The van der Waals surface area contributed by atoms with Crippen molar-refractivity contribution in [3.63, 3.8) is 0 Å². The summed E-state index contributed by atoms with van der Waals surface area (Å²) in [5, 5.41) is 5.00. The molecule has 0 radical (unpaired) electrons. The van der Waals surface area contributed by atoms with Crippen molar-refractivity contribution in [3.05, 3.63) is 35.0 Å². The van der Waals surface area contributed by atoms with Crippen LogP contribution in [0.1, 0.15) is 29.7 Å². The van der Waals surface area contributed by atoms with Crippen LogP contribution < -0.4 is 5.32 Å². The average molecular weight is 212 g/mol. The van der Waals surface area contributed by atoms with Crippen LogP contribution in [0, 0.1) is 6.92 Å². The van der Waals surface area contributed by atoms with Crippen LogP contribution in [-0.2, 0) is 12.0 Å². The lowest BCUT2D eigenvalue weighted by Crippen LogP contribution is -2.32. The fourth-order valence-electron chi connectivity index (χ4n) is 3.19. The van der Waals surface area contributed by atoms with E-state index in [1.165, 1.54) is 41.5 Å². The second-order valence-electron chi connectivity index (χ2n) is 5.41. The topological polar surface area (TPSA) is 27.8 Å². The van der Waals surface area contributed by atoms with Crippen molar-refractivity contribution >= 4 is 10.9 Å². The van der Waals surface area contributed by atoms with E-state index in [9.17, 15) is 0 Å². The number of aryl methyl sites for hydroxylation is 1. The smallest absolute Gasteiger partial charge is 0.0459 e. The highest BCUT2D eigenvalue weighted by Crippen LogP contribution is 2.52. The fraction of sp³-hybridized carbons (Fsp3) is 0.429. The van der Waals surface area contributed by atoms with Gasteiger partial charge in [0.15, 0.2) is 0 Å². The summed E-state index contributed by atoms with van der Waals surface area (Å²) in [5.74, 6) is 0. The lowest BCUT2D eigenvalue weighted by atomic mass is 9.90. The molecule has 1 aliphatic carbocycles. The Labute approximate surface area is 95.1 Å². The van der Waals surface area contributed by atoms with Gasteiger partial charge in [-0.15, -0.1) is 0 Å². The molecule has 4 rings (SSSR count). The summed E-state index contributed by atoms with van der Waals surface area (Å²) in [7, 11) is 0. The highest BCUT2D eigenvalue weighted by Gasteiger charge is 2.48. The van der Waals surface area contributed by atoms with Crippen LogP contribution in [0.4, 0.5) is 0 Å². The molecule has 2 N–H and O–H groups in total. The van der Waals surface area contributed by atoms with E-state index in [1.54, 1.807) is 5.56 Å². The summed E-state index contributed by atoms with van der Waals surface area (Å²) in [4.78, 5) is 3.58. The molecule has 1 aromatic carbocycles. The Balaban J connectivity index is 2.08. The lowest BCUT2D eigenvalue weighted by Gasteiger charge is -2.23. The maximum atomic E-state index is 3.58. The zero-order valence-electron chi connectivity index (χ0n) is 9.56. The van der Waals surface area contributed by atoms with Gasteiger partial charge in [0.2, 0.25) is 0 Å². The fourth-order valence-corrected chi connectivity index (χ4v) is 3.19. The number of H-pyrrole nitrogens is 1. The van der Waals surface area contributed by atoms with Crippen molar-refractivity contribution in [2.24, 2.45) is 0 Å². The van der Waals surface area contributed by atoms with E-state index in [0.717, 1.165) is 6.54 Å². The second-order valence-corrected chi connectivity index (χ2v) is 5.41. The maximum absolute atomic E-state index is 3.58. The molecule has 0 bridgehead atoms. The zero-order chi connectivity index (χ0) is 10.8. The molecular weight excluding hydrogens is 196 g/mol. The number of hydrogen-bond donors (Lipinski definition) is 2. The first-order chi connectivity index (χ1) is 7.78. The van der Waals surface area contributed by atoms with Crippen molar-refractivity contribution in [3.8, 4) is 0 Å². The monoisotopic (exact) mass is 212 g/mol. The molecule has 0 unspecified atom stereocenters. The van der Waals surface area contributed by atoms with Crippen molar-refractivity contribution < 1.29 is 0 Å². The predicted octanol–water partition coefficient (Wildman–Crippen LogP) is 2.61. The Morgan fingerprint density at radius 3 is 2.94 bits per heavy atom. The molecule has 2 heteroatoms. The molecular formula is C14H16N2. The maximum Gasteiger partial charge on any atom is 0.0459 e. The van der Waals surface area contributed by atoms with E-state index in [-0.39, 0.29) is 0 Å². The SMILES string of the molecule is Cc1ccc2[nH]c3c(c2c1)C1(CC1)CNC3. The Morgan fingerprint density at radius 2 is 2.12 bits per heavy atom. The van der Waals surface area contributed by atoms with Gasteiger partial charge in [0.25, 0.3) is 0 Å². The summed E-state index contributed by atoms with van der Waals surface area (Å²) >= 11 is 0. The first kappa shape index (κ1) is 8.82. The quantitative estimate of drug-likeness (QED) is 0.690. The number of aromatic nitrogens is 1. The van der Waals surface area contributed by atoms with Gasteiger partial charge in [0, 0.05) is 35.1 Å². The molecule has 0 saturated heterocycles. The van der Waals surface area contributed by atoms with E-state index in [4.69, 9.17) is 0 Å². The molecule has 82 valence electrons. The number of fused-ring (bicyclic) bond motifs is 4. The lowest BCUT2D eigenvalue weighted by molar-refractivity contribution is 0.529. The standard InChI is InChI=1S/C14H16N2/c1-9-2-3-11-10(6-9)13-12(16-11)7-15-8-14(13)4-5-14/h2-3,6,15-16H,4-5,7-8H2,1H3. The average Bonchev–Trinajstić information content (AvgIpc) is 2.92. The normalized spacial score (nSPS) is 21.3. The van der Waals surface area contributed by atoms with Gasteiger partial charge in [-0.05, 0) is 37.5 Å². The second kappa shape index (κ2) is 2.69. The molecule has 16 heavy (non-hydrogen) atoms. The molecule has 1 aromatic heterocycles. The number of rotatable bonds is 0. The van der Waals surface area contributed by atoms with Crippen LogP contribution in [0.2, 0.25) is 0 Å². The predicted molar refractivity (Wildman–Crippen MR) is 65.7 cm³/mol. The summed E-state index contributed by atoms with van der Waals surface area (Å²) < 4.78 is 0. The van der Waals surface area contributed by atoms with Crippen LogP contribution in [0.15, 0.2) is 18.2 Å². The van der Waals surface area contributed by atoms with Crippen molar-refractivity contribution in [2.75, 3.05) is 6.54 Å². The summed E-state index contributed by atoms with van der Waals surface area (Å²) in [6.45, 7) is 4.35. The van der Waals surface area contributed by atoms with Gasteiger partial charge in [-0.1, -0.05) is 11.6 Å². The van der Waals surface area contributed by atoms with Crippen molar-refractivity contribution in [2.45, 2.75) is 31.7 Å². The van der Waals surface area contributed by atoms with E-state index in [1.807, 2.05) is 0 Å². The Kier molecular flexibility index (Phi) is 1.48. The molecule has 2 aromatic rings. The Bertz CT molecular complexity index is 576. The van der Waals surface area contributed by atoms with Crippen LogP contribution in [-0.4, -0.2) is 11.5 Å². The third kappa shape index (κ3) is 1.00. The Hall–Kier alpha value is -1.28. The molecule has 2 aliphatic rings. The van der Waals surface area contributed by atoms with Gasteiger partial charge in [0.05, 0.1) is 0 Å². The molecule has 2 nitrogen and oxygen atoms in total. The minimum atomic E-state index is 0.472. The van der Waals surface area contributed by atoms with Gasteiger partial charge >= 0.3 is 0 Å². The van der Waals surface area contributed by atoms with E-state index < -0.39 is 0 Å². The van der Waals surface area contributed by atoms with E-state index in [0.29, 0.717) is 5.41 Å². The van der Waals surface area contributed by atoms with Crippen molar-refractivity contribution in [1.82, 2.24) is 10.3 Å². The highest BCUT2D eigenvalue weighted by atomic mass is 15.0. The number of nitrogens with one attached hydrogen (secondary N) is 2. The largest absolute Gasteiger partial charge is 0.357 e. The van der Waals surface area contributed by atoms with Gasteiger partial charge in [-0.3, -0.25) is 0 Å². The van der Waals surface area contributed by atoms with Crippen molar-refractivity contribution in [1.29, 1.82) is 0 Å². The number of hydrogen-bond acceptors (Lipinski definition) is 1. The summed E-state index contributed by atoms with van der Waals surface area (Å²) in [5.41, 5.74) is 6.18. The Morgan fingerprint density at radius 1 is 1.25 bits per heavy atom. The third-order valence-electron chi connectivity index (χ3n) is 4.18. The highest BCUT2D eigenvalue weighted by molar-refractivity contribution is 5.87. The van der Waals surface area contributed by atoms with Gasteiger partial charge < -0.3 is 10.3 Å². The number of aromatic amines is 1. The molecule has 1 saturated carbocycles. The first-order valence-electron chi connectivity index (χ1n) is 6.11. The van der Waals surface area contributed by atoms with E-state index >= 15 is 0 Å². The molecule has 2 heterocycles. The van der Waals surface area contributed by atoms with E-state index in [2.05, 4.69) is 35.4 Å². The summed E-state index contributed by atoms with van der Waals surface area (Å²) in [6.07, 6.45) is 2.71. The molecule has 1 aliphatic heterocycles. The van der Waals surface area contributed by atoms with Crippen LogP contribution in [0.5, 0.6) is 0 Å². The van der Waals surface area contributed by atoms with Gasteiger partial charge in [-0.2, -0.15) is 0 Å². The molecule has 0 atom stereocenters. The van der Waals surface area contributed by atoms with Crippen LogP contribution >= 0.6 is 0 Å². The molecule has 1 spiro atoms. The third-order valence-corrected chi connectivity index (χ3v) is 4.18.